The molecule has 62 valence electrons. The Kier molecular flexibility index (Phi) is 2.56. The minimum atomic E-state index is -0.647. The Hall–Kier alpha value is -0.940. The lowest BCUT2D eigenvalue weighted by Crippen LogP contribution is -2.07. The van der Waals surface area contributed by atoms with Crippen LogP contribution in [0.15, 0.2) is 4.52 Å². The van der Waals surface area contributed by atoms with Gasteiger partial charge in [0.15, 0.2) is 5.76 Å². The van der Waals surface area contributed by atoms with Crippen LogP contribution in [0.3, 0.4) is 0 Å². The highest BCUT2D eigenvalue weighted by Gasteiger charge is 2.14. The van der Waals surface area contributed by atoms with E-state index in [0.717, 1.165) is 0 Å². The van der Waals surface area contributed by atoms with E-state index in [-0.39, 0.29) is 0 Å². The lowest BCUT2D eigenvalue weighted by atomic mass is 10.2. The van der Waals surface area contributed by atoms with Gasteiger partial charge in [0, 0.05) is 5.27 Å². The van der Waals surface area contributed by atoms with Crippen molar-refractivity contribution in [1.82, 2.24) is 10.4 Å². The Bertz CT molecular complexity index is 223. The quantitative estimate of drug-likeness (QED) is 0.632. The maximum absolute atomic E-state index is 9.35. The van der Waals surface area contributed by atoms with Crippen molar-refractivity contribution in [3.05, 3.63) is 11.5 Å². The molecule has 5 heteroatoms. The predicted octanol–water partition coefficient (Wildman–Crippen LogP) is -0.240. The first kappa shape index (κ1) is 8.16. The van der Waals surface area contributed by atoms with E-state index >= 15 is 0 Å². The van der Waals surface area contributed by atoms with E-state index in [0.29, 0.717) is 24.4 Å². The molecule has 1 aromatic heterocycles. The molecular weight excluding hydrogens is 146 g/mol. The number of nitrogens with zero attached hydrogens (tertiary/aromatic N) is 2. The average molecular weight is 157 g/mol. The zero-order valence-corrected chi connectivity index (χ0v) is 6.32. The number of rotatable bonds is 3. The molecule has 0 aromatic carbocycles. The predicted molar refractivity (Wildman–Crippen MR) is 37.7 cm³/mol. The molecule has 0 aliphatic carbocycles. The van der Waals surface area contributed by atoms with E-state index in [4.69, 9.17) is 5.73 Å². The number of aryl methyl sites for hydroxylation is 1. The standard InChI is InChI=1S/C6H11N3O2/c1-4-6(8-9-11-4)5(10)2-3-7/h5,10H,2-3,7H2,1H3. The Morgan fingerprint density at radius 1 is 1.73 bits per heavy atom. The number of hydrogen-bond donors (Lipinski definition) is 2. The van der Waals surface area contributed by atoms with Crippen molar-refractivity contribution in [3.63, 3.8) is 0 Å². The fourth-order valence-electron chi connectivity index (χ4n) is 0.839. The molecular formula is C6H11N3O2. The van der Waals surface area contributed by atoms with Gasteiger partial charge in [0.25, 0.3) is 0 Å². The molecule has 0 fully saturated rings. The summed E-state index contributed by atoms with van der Waals surface area (Å²) in [6.07, 6.45) is -0.166. The highest BCUT2D eigenvalue weighted by atomic mass is 16.5. The normalized spacial score (nSPS) is 13.4. The van der Waals surface area contributed by atoms with Crippen LogP contribution < -0.4 is 5.73 Å². The second-order valence-electron chi connectivity index (χ2n) is 2.31. The topological polar surface area (TPSA) is 85.2 Å². The SMILES string of the molecule is Cc1onnc1C(O)CCN. The molecule has 1 unspecified atom stereocenters. The van der Waals surface area contributed by atoms with E-state index in [2.05, 4.69) is 14.9 Å². The molecule has 0 saturated carbocycles. The molecule has 1 rings (SSSR count). The molecule has 0 amide bonds. The Morgan fingerprint density at radius 3 is 2.91 bits per heavy atom. The van der Waals surface area contributed by atoms with Crippen LogP contribution in [-0.2, 0) is 0 Å². The van der Waals surface area contributed by atoms with Gasteiger partial charge in [0.1, 0.15) is 11.8 Å². The highest BCUT2D eigenvalue weighted by molar-refractivity contribution is 5.05. The smallest absolute Gasteiger partial charge is 0.160 e. The molecule has 0 saturated heterocycles. The molecule has 1 aromatic rings. The van der Waals surface area contributed by atoms with Crippen LogP contribution in [0.2, 0.25) is 0 Å². The van der Waals surface area contributed by atoms with Crippen LogP contribution in [0.4, 0.5) is 0 Å². The van der Waals surface area contributed by atoms with Gasteiger partial charge in [-0.25, -0.2) is 0 Å². The van der Waals surface area contributed by atoms with Crippen molar-refractivity contribution in [2.45, 2.75) is 19.4 Å². The lowest BCUT2D eigenvalue weighted by molar-refractivity contribution is 0.164. The Labute approximate surface area is 64.2 Å². The largest absolute Gasteiger partial charge is 0.387 e. The third-order valence-electron chi connectivity index (χ3n) is 1.44. The molecule has 0 spiro atoms. The van der Waals surface area contributed by atoms with Gasteiger partial charge in [-0.05, 0) is 19.9 Å². The second-order valence-corrected chi connectivity index (χ2v) is 2.31. The van der Waals surface area contributed by atoms with E-state index < -0.39 is 6.10 Å². The van der Waals surface area contributed by atoms with E-state index in [1.807, 2.05) is 0 Å². The zero-order chi connectivity index (χ0) is 8.27. The Morgan fingerprint density at radius 2 is 2.45 bits per heavy atom. The lowest BCUT2D eigenvalue weighted by Gasteiger charge is -2.03. The summed E-state index contributed by atoms with van der Waals surface area (Å²) in [6.45, 7) is 2.13. The molecule has 11 heavy (non-hydrogen) atoms. The summed E-state index contributed by atoms with van der Waals surface area (Å²) in [4.78, 5) is 0. The van der Waals surface area contributed by atoms with Crippen molar-refractivity contribution in [3.8, 4) is 0 Å². The first-order valence-electron chi connectivity index (χ1n) is 3.42. The minimum Gasteiger partial charge on any atom is -0.387 e. The highest BCUT2D eigenvalue weighted by Crippen LogP contribution is 2.15. The van der Waals surface area contributed by atoms with Gasteiger partial charge < -0.3 is 15.4 Å². The first-order valence-corrected chi connectivity index (χ1v) is 3.42. The van der Waals surface area contributed by atoms with Gasteiger partial charge in [-0.1, -0.05) is 0 Å². The molecule has 0 aliphatic rings. The van der Waals surface area contributed by atoms with Crippen LogP contribution in [-0.4, -0.2) is 22.0 Å². The van der Waals surface area contributed by atoms with Crippen LogP contribution >= 0.6 is 0 Å². The summed E-state index contributed by atoms with van der Waals surface area (Å²) in [7, 11) is 0. The van der Waals surface area contributed by atoms with Gasteiger partial charge in [0.05, 0.1) is 0 Å². The van der Waals surface area contributed by atoms with Gasteiger partial charge in [0.2, 0.25) is 0 Å². The number of aliphatic hydroxyl groups excluding tert-OH is 1. The van der Waals surface area contributed by atoms with E-state index in [1.54, 1.807) is 6.92 Å². The number of hydrogen-bond acceptors (Lipinski definition) is 5. The van der Waals surface area contributed by atoms with Crippen molar-refractivity contribution in [2.75, 3.05) is 6.54 Å². The summed E-state index contributed by atoms with van der Waals surface area (Å²) in [6, 6.07) is 0. The van der Waals surface area contributed by atoms with Gasteiger partial charge in [-0.3, -0.25) is 0 Å². The van der Waals surface area contributed by atoms with Gasteiger partial charge >= 0.3 is 0 Å². The third-order valence-corrected chi connectivity index (χ3v) is 1.44. The van der Waals surface area contributed by atoms with Crippen molar-refractivity contribution in [1.29, 1.82) is 0 Å². The fraction of sp³-hybridized carbons (Fsp3) is 0.667. The summed E-state index contributed by atoms with van der Waals surface area (Å²) in [5, 5.41) is 16.3. The molecule has 0 bridgehead atoms. The third kappa shape index (κ3) is 1.75. The molecule has 0 aliphatic heterocycles. The number of aliphatic hydroxyl groups is 1. The molecule has 1 heterocycles. The van der Waals surface area contributed by atoms with Crippen LogP contribution in [0, 0.1) is 6.92 Å². The van der Waals surface area contributed by atoms with Crippen molar-refractivity contribution < 1.29 is 9.63 Å². The first-order chi connectivity index (χ1) is 5.25. The number of nitrogens with two attached hydrogens (primary N) is 1. The van der Waals surface area contributed by atoms with Crippen LogP contribution in [0.5, 0.6) is 0 Å². The molecule has 3 N–H and O–H groups in total. The molecule has 0 radical (unpaired) electrons. The maximum atomic E-state index is 9.35. The maximum Gasteiger partial charge on any atom is 0.160 e. The van der Waals surface area contributed by atoms with E-state index in [1.165, 1.54) is 0 Å². The van der Waals surface area contributed by atoms with Gasteiger partial charge in [-0.15, -0.1) is 5.10 Å². The van der Waals surface area contributed by atoms with E-state index in [9.17, 15) is 5.11 Å². The molecule has 1 atom stereocenters. The van der Waals surface area contributed by atoms with Crippen LogP contribution in [0.25, 0.3) is 0 Å². The van der Waals surface area contributed by atoms with Crippen molar-refractivity contribution >= 4 is 0 Å². The van der Waals surface area contributed by atoms with Crippen LogP contribution in [0.1, 0.15) is 24.0 Å². The average Bonchev–Trinajstić information content (AvgIpc) is 2.36. The zero-order valence-electron chi connectivity index (χ0n) is 6.32. The minimum absolute atomic E-state index is 0.424. The van der Waals surface area contributed by atoms with Gasteiger partial charge in [-0.2, -0.15) is 0 Å². The molecule has 5 nitrogen and oxygen atoms in total. The summed E-state index contributed by atoms with van der Waals surface area (Å²) < 4.78 is 4.67. The number of aromatic nitrogens is 2. The fourth-order valence-corrected chi connectivity index (χ4v) is 0.839. The Balaban J connectivity index is 2.67. The van der Waals surface area contributed by atoms with Crippen molar-refractivity contribution in [2.24, 2.45) is 5.73 Å². The monoisotopic (exact) mass is 157 g/mol. The summed E-state index contributed by atoms with van der Waals surface area (Å²) in [5.41, 5.74) is 5.73. The summed E-state index contributed by atoms with van der Waals surface area (Å²) in [5.74, 6) is 0.547. The second kappa shape index (κ2) is 3.45. The summed E-state index contributed by atoms with van der Waals surface area (Å²) >= 11 is 0.